The lowest BCUT2D eigenvalue weighted by molar-refractivity contribution is 0.408. The van der Waals surface area contributed by atoms with Crippen LogP contribution in [-0.2, 0) is 0 Å². The molecule has 3 heteroatoms. The average molecular weight is 267 g/mol. The highest BCUT2D eigenvalue weighted by atomic mass is 79.9. The van der Waals surface area contributed by atoms with Gasteiger partial charge in [0.1, 0.15) is 11.5 Å². The van der Waals surface area contributed by atoms with Gasteiger partial charge in [-0.15, -0.1) is 0 Å². The first kappa shape index (κ1) is 10.3. The maximum absolute atomic E-state index is 5.36. The van der Waals surface area contributed by atoms with Gasteiger partial charge in [-0.2, -0.15) is 0 Å². The van der Waals surface area contributed by atoms with Crippen LogP contribution < -0.4 is 9.47 Å². The number of halogens is 1. The van der Waals surface area contributed by atoms with Crippen molar-refractivity contribution in [2.45, 2.75) is 0 Å². The van der Waals surface area contributed by atoms with Gasteiger partial charge < -0.3 is 9.47 Å². The van der Waals surface area contributed by atoms with E-state index in [0.29, 0.717) is 0 Å². The number of hydrogen-bond acceptors (Lipinski definition) is 2. The van der Waals surface area contributed by atoms with Crippen LogP contribution in [0.3, 0.4) is 0 Å². The van der Waals surface area contributed by atoms with Crippen LogP contribution in [0.15, 0.2) is 34.8 Å². The maximum atomic E-state index is 5.36. The van der Waals surface area contributed by atoms with Gasteiger partial charge in [-0.1, -0.05) is 24.3 Å². The molecule has 0 heterocycles. The predicted molar refractivity (Wildman–Crippen MR) is 64.8 cm³/mol. The first-order valence-electron chi connectivity index (χ1n) is 4.57. The summed E-state index contributed by atoms with van der Waals surface area (Å²) in [4.78, 5) is 0. The highest BCUT2D eigenvalue weighted by Gasteiger charge is 2.10. The third-order valence-electron chi connectivity index (χ3n) is 2.34. The first-order chi connectivity index (χ1) is 7.27. The Morgan fingerprint density at radius 3 is 2.27 bits per heavy atom. The van der Waals surface area contributed by atoms with Gasteiger partial charge in [-0.25, -0.2) is 0 Å². The number of fused-ring (bicyclic) bond motifs is 1. The molecule has 15 heavy (non-hydrogen) atoms. The minimum Gasteiger partial charge on any atom is -0.496 e. The van der Waals surface area contributed by atoms with Gasteiger partial charge in [0.2, 0.25) is 0 Å². The molecule has 2 aromatic rings. The standard InChI is InChI=1S/C12H11BrO2/c1-14-11-7-10(13)12(15-2)9-6-4-3-5-8(9)11/h3-7H,1-2H3. The van der Waals surface area contributed by atoms with Crippen molar-refractivity contribution >= 4 is 26.7 Å². The number of hydrogen-bond donors (Lipinski definition) is 0. The molecule has 0 fully saturated rings. The molecule has 2 rings (SSSR count). The molecule has 0 saturated carbocycles. The van der Waals surface area contributed by atoms with Gasteiger partial charge in [0, 0.05) is 10.8 Å². The molecular weight excluding hydrogens is 256 g/mol. The van der Waals surface area contributed by atoms with Gasteiger partial charge in [-0.3, -0.25) is 0 Å². The lowest BCUT2D eigenvalue weighted by Gasteiger charge is -2.11. The average Bonchev–Trinajstić information content (AvgIpc) is 2.28. The van der Waals surface area contributed by atoms with E-state index < -0.39 is 0 Å². The lowest BCUT2D eigenvalue weighted by atomic mass is 10.1. The second-order valence-electron chi connectivity index (χ2n) is 3.14. The molecule has 78 valence electrons. The van der Waals surface area contributed by atoms with E-state index >= 15 is 0 Å². The molecule has 0 N–H and O–H groups in total. The summed E-state index contributed by atoms with van der Waals surface area (Å²) in [7, 11) is 3.33. The van der Waals surface area contributed by atoms with Crippen LogP contribution in [0.2, 0.25) is 0 Å². The number of benzene rings is 2. The van der Waals surface area contributed by atoms with Gasteiger partial charge in [-0.05, 0) is 22.0 Å². The molecule has 0 saturated heterocycles. The van der Waals surface area contributed by atoms with Crippen molar-refractivity contribution in [2.75, 3.05) is 14.2 Å². The second kappa shape index (κ2) is 4.11. The minimum atomic E-state index is 0.839. The molecule has 0 aromatic heterocycles. The van der Waals surface area contributed by atoms with Crippen molar-refractivity contribution in [3.8, 4) is 11.5 Å². The van der Waals surface area contributed by atoms with Crippen molar-refractivity contribution in [2.24, 2.45) is 0 Å². The fraction of sp³-hybridized carbons (Fsp3) is 0.167. The third kappa shape index (κ3) is 1.67. The zero-order chi connectivity index (χ0) is 10.8. The molecule has 0 atom stereocenters. The summed E-state index contributed by atoms with van der Waals surface area (Å²) in [5.41, 5.74) is 0. The minimum absolute atomic E-state index is 0.839. The molecule has 2 aromatic carbocycles. The zero-order valence-electron chi connectivity index (χ0n) is 8.58. The largest absolute Gasteiger partial charge is 0.496 e. The van der Waals surface area contributed by atoms with Crippen LogP contribution in [0, 0.1) is 0 Å². The second-order valence-corrected chi connectivity index (χ2v) is 3.99. The highest BCUT2D eigenvalue weighted by molar-refractivity contribution is 9.10. The van der Waals surface area contributed by atoms with E-state index in [9.17, 15) is 0 Å². The van der Waals surface area contributed by atoms with Gasteiger partial charge in [0.05, 0.1) is 18.7 Å². The van der Waals surface area contributed by atoms with E-state index in [1.807, 2.05) is 30.3 Å². The summed E-state index contributed by atoms with van der Waals surface area (Å²) in [6.45, 7) is 0. The summed E-state index contributed by atoms with van der Waals surface area (Å²) in [5, 5.41) is 2.10. The predicted octanol–water partition coefficient (Wildman–Crippen LogP) is 3.62. The third-order valence-corrected chi connectivity index (χ3v) is 2.92. The Kier molecular flexibility index (Phi) is 2.82. The molecule has 0 spiro atoms. The quantitative estimate of drug-likeness (QED) is 0.827. The Balaban J connectivity index is 2.86. The van der Waals surface area contributed by atoms with Crippen molar-refractivity contribution < 1.29 is 9.47 Å². The number of rotatable bonds is 2. The molecule has 0 amide bonds. The van der Waals surface area contributed by atoms with Gasteiger partial charge >= 0.3 is 0 Å². The van der Waals surface area contributed by atoms with Gasteiger partial charge in [0.15, 0.2) is 0 Å². The van der Waals surface area contributed by atoms with Crippen molar-refractivity contribution in [3.63, 3.8) is 0 Å². The molecule has 0 unspecified atom stereocenters. The Morgan fingerprint density at radius 2 is 1.67 bits per heavy atom. The summed E-state index contributed by atoms with van der Waals surface area (Å²) in [6.07, 6.45) is 0. The van der Waals surface area contributed by atoms with Crippen LogP contribution in [0.1, 0.15) is 0 Å². The normalized spacial score (nSPS) is 10.3. The Labute approximate surface area is 96.9 Å². The Morgan fingerprint density at radius 1 is 1.00 bits per heavy atom. The molecule has 0 aliphatic heterocycles. The van der Waals surface area contributed by atoms with Crippen LogP contribution in [0.5, 0.6) is 11.5 Å². The molecule has 0 bridgehead atoms. The van der Waals surface area contributed by atoms with E-state index in [4.69, 9.17) is 9.47 Å². The van der Waals surface area contributed by atoms with Crippen LogP contribution in [-0.4, -0.2) is 14.2 Å². The van der Waals surface area contributed by atoms with Crippen molar-refractivity contribution in [1.29, 1.82) is 0 Å². The summed E-state index contributed by atoms with van der Waals surface area (Å²) in [5.74, 6) is 1.68. The van der Waals surface area contributed by atoms with Crippen LogP contribution >= 0.6 is 15.9 Å². The van der Waals surface area contributed by atoms with Crippen molar-refractivity contribution in [3.05, 3.63) is 34.8 Å². The fourth-order valence-electron chi connectivity index (χ4n) is 1.66. The summed E-state index contributed by atoms with van der Waals surface area (Å²) >= 11 is 3.46. The Hall–Kier alpha value is -1.22. The smallest absolute Gasteiger partial charge is 0.141 e. The van der Waals surface area contributed by atoms with Crippen molar-refractivity contribution in [1.82, 2.24) is 0 Å². The van der Waals surface area contributed by atoms with Crippen LogP contribution in [0.4, 0.5) is 0 Å². The van der Waals surface area contributed by atoms with E-state index in [0.717, 1.165) is 26.7 Å². The lowest BCUT2D eigenvalue weighted by Crippen LogP contribution is -1.90. The molecule has 0 aliphatic rings. The first-order valence-corrected chi connectivity index (χ1v) is 5.36. The SMILES string of the molecule is COc1cc(Br)c(OC)c2ccccc12. The number of methoxy groups -OCH3 is 2. The molecule has 2 nitrogen and oxygen atoms in total. The number of ether oxygens (including phenoxy) is 2. The molecule has 0 aliphatic carbocycles. The van der Waals surface area contributed by atoms with Crippen LogP contribution in [0.25, 0.3) is 10.8 Å². The maximum Gasteiger partial charge on any atom is 0.141 e. The highest BCUT2D eigenvalue weighted by Crippen LogP contribution is 2.39. The summed E-state index contributed by atoms with van der Waals surface area (Å²) < 4.78 is 11.6. The van der Waals surface area contributed by atoms with E-state index in [2.05, 4.69) is 15.9 Å². The monoisotopic (exact) mass is 266 g/mol. The summed E-state index contributed by atoms with van der Waals surface area (Å²) in [6, 6.07) is 9.92. The van der Waals surface area contributed by atoms with E-state index in [1.54, 1.807) is 14.2 Å². The molecular formula is C12H11BrO2. The van der Waals surface area contributed by atoms with E-state index in [-0.39, 0.29) is 0 Å². The van der Waals surface area contributed by atoms with E-state index in [1.165, 1.54) is 0 Å². The Bertz CT molecular complexity index is 494. The zero-order valence-corrected chi connectivity index (χ0v) is 10.2. The molecule has 0 radical (unpaired) electrons. The topological polar surface area (TPSA) is 18.5 Å². The fourth-order valence-corrected chi connectivity index (χ4v) is 2.24. The van der Waals surface area contributed by atoms with Gasteiger partial charge in [0.25, 0.3) is 0 Å².